The average Bonchev–Trinajstić information content (AvgIpc) is 2.83. The highest BCUT2D eigenvalue weighted by Gasteiger charge is 2.49. The van der Waals surface area contributed by atoms with Gasteiger partial charge in [-0.15, -0.1) is 0 Å². The van der Waals surface area contributed by atoms with Gasteiger partial charge in [-0.05, 0) is 24.6 Å². The van der Waals surface area contributed by atoms with E-state index in [1.807, 2.05) is 0 Å². The lowest BCUT2D eigenvalue weighted by Crippen LogP contribution is -2.42. The maximum absolute atomic E-state index is 13.6. The maximum Gasteiger partial charge on any atom is 0.325 e. The summed E-state index contributed by atoms with van der Waals surface area (Å²) < 4.78 is 27.2. The Balaban J connectivity index is 1.77. The molecule has 3 rings (SSSR count). The van der Waals surface area contributed by atoms with Crippen molar-refractivity contribution in [3.8, 4) is 0 Å². The summed E-state index contributed by atoms with van der Waals surface area (Å²) in [5.74, 6) is -3.43. The van der Waals surface area contributed by atoms with Crippen LogP contribution in [0.2, 0.25) is 0 Å². The Labute approximate surface area is 147 Å². The molecule has 2 N–H and O–H groups in total. The molecule has 0 spiro atoms. The van der Waals surface area contributed by atoms with Crippen LogP contribution in [0.15, 0.2) is 48.5 Å². The highest BCUT2D eigenvalue weighted by Crippen LogP contribution is 2.28. The van der Waals surface area contributed by atoms with Crippen LogP contribution >= 0.6 is 0 Å². The monoisotopic (exact) mass is 359 g/mol. The number of para-hydroxylation sites is 1. The SMILES string of the molecule is CC1(c2ccccc2)NC(=O)N(CC(=O)Nc2c(F)cccc2F)C1=O. The van der Waals surface area contributed by atoms with Crippen molar-refractivity contribution in [2.45, 2.75) is 12.5 Å². The summed E-state index contributed by atoms with van der Waals surface area (Å²) in [5, 5.41) is 4.60. The highest BCUT2D eigenvalue weighted by molar-refractivity contribution is 6.10. The molecule has 1 atom stereocenters. The molecule has 6 nitrogen and oxygen atoms in total. The molecule has 0 aromatic heterocycles. The minimum atomic E-state index is -1.32. The number of hydrogen-bond acceptors (Lipinski definition) is 3. The van der Waals surface area contributed by atoms with E-state index in [2.05, 4.69) is 10.6 Å². The molecule has 1 heterocycles. The molecule has 2 aromatic rings. The van der Waals surface area contributed by atoms with Crippen molar-refractivity contribution in [3.05, 3.63) is 65.7 Å². The zero-order valence-electron chi connectivity index (χ0n) is 13.8. The van der Waals surface area contributed by atoms with Gasteiger partial charge in [0.1, 0.15) is 29.4 Å². The summed E-state index contributed by atoms with van der Waals surface area (Å²) in [4.78, 5) is 37.6. The highest BCUT2D eigenvalue weighted by atomic mass is 19.1. The van der Waals surface area contributed by atoms with Gasteiger partial charge in [0.2, 0.25) is 5.91 Å². The number of nitrogens with zero attached hydrogens (tertiary/aromatic N) is 1. The molecular weight excluding hydrogens is 344 g/mol. The molecule has 0 saturated carbocycles. The summed E-state index contributed by atoms with van der Waals surface area (Å²) in [6.07, 6.45) is 0. The lowest BCUT2D eigenvalue weighted by Gasteiger charge is -2.22. The first-order valence-corrected chi connectivity index (χ1v) is 7.76. The molecule has 1 unspecified atom stereocenters. The number of halogens is 2. The van der Waals surface area contributed by atoms with Gasteiger partial charge in [0.25, 0.3) is 5.91 Å². The third kappa shape index (κ3) is 3.01. The summed E-state index contributed by atoms with van der Waals surface area (Å²) >= 11 is 0. The number of imide groups is 1. The van der Waals surface area contributed by atoms with E-state index >= 15 is 0 Å². The van der Waals surface area contributed by atoms with Gasteiger partial charge in [-0.1, -0.05) is 36.4 Å². The van der Waals surface area contributed by atoms with Gasteiger partial charge < -0.3 is 10.6 Å². The van der Waals surface area contributed by atoms with Crippen LogP contribution in [0, 0.1) is 11.6 Å². The first-order valence-electron chi connectivity index (χ1n) is 7.76. The van der Waals surface area contributed by atoms with Crippen molar-refractivity contribution >= 4 is 23.5 Å². The third-order valence-corrected chi connectivity index (χ3v) is 4.16. The summed E-state index contributed by atoms with van der Waals surface area (Å²) in [7, 11) is 0. The quantitative estimate of drug-likeness (QED) is 0.823. The van der Waals surface area contributed by atoms with Crippen LogP contribution in [0.5, 0.6) is 0 Å². The average molecular weight is 359 g/mol. The number of amides is 4. The van der Waals surface area contributed by atoms with Gasteiger partial charge in [-0.25, -0.2) is 13.6 Å². The number of rotatable bonds is 4. The summed E-state index contributed by atoms with van der Waals surface area (Å²) in [6.45, 7) is 0.859. The van der Waals surface area contributed by atoms with E-state index in [0.717, 1.165) is 18.2 Å². The van der Waals surface area contributed by atoms with Gasteiger partial charge in [0.05, 0.1) is 0 Å². The molecule has 1 saturated heterocycles. The van der Waals surface area contributed by atoms with E-state index in [-0.39, 0.29) is 0 Å². The minimum Gasteiger partial charge on any atom is -0.320 e. The Bertz CT molecular complexity index is 868. The predicted molar refractivity (Wildman–Crippen MR) is 89.0 cm³/mol. The number of nitrogens with one attached hydrogen (secondary N) is 2. The fraction of sp³-hybridized carbons (Fsp3) is 0.167. The molecule has 0 radical (unpaired) electrons. The molecule has 1 aliphatic rings. The van der Waals surface area contributed by atoms with E-state index in [0.29, 0.717) is 10.5 Å². The molecule has 134 valence electrons. The lowest BCUT2D eigenvalue weighted by molar-refractivity contribution is -0.133. The normalized spacial score (nSPS) is 19.4. The fourth-order valence-electron chi connectivity index (χ4n) is 2.75. The van der Waals surface area contributed by atoms with Crippen LogP contribution in [0.3, 0.4) is 0 Å². The Morgan fingerprint density at radius 1 is 1.08 bits per heavy atom. The van der Waals surface area contributed by atoms with Crippen LogP contribution in [0.25, 0.3) is 0 Å². The van der Waals surface area contributed by atoms with Gasteiger partial charge in [0.15, 0.2) is 0 Å². The molecule has 0 aliphatic carbocycles. The first kappa shape index (κ1) is 17.5. The van der Waals surface area contributed by atoms with Crippen LogP contribution in [-0.4, -0.2) is 29.3 Å². The number of carbonyl (C=O) groups is 3. The van der Waals surface area contributed by atoms with Crippen molar-refractivity contribution in [2.75, 3.05) is 11.9 Å². The Morgan fingerprint density at radius 3 is 2.31 bits per heavy atom. The van der Waals surface area contributed by atoms with Gasteiger partial charge >= 0.3 is 6.03 Å². The zero-order valence-corrected chi connectivity index (χ0v) is 13.8. The van der Waals surface area contributed by atoms with E-state index in [1.54, 1.807) is 30.3 Å². The second kappa shape index (κ2) is 6.55. The van der Waals surface area contributed by atoms with Crippen LogP contribution in [0.4, 0.5) is 19.3 Å². The number of carbonyl (C=O) groups excluding carboxylic acids is 3. The molecule has 8 heteroatoms. The molecule has 1 aliphatic heterocycles. The number of anilines is 1. The largest absolute Gasteiger partial charge is 0.325 e. The van der Waals surface area contributed by atoms with Crippen molar-refractivity contribution in [1.82, 2.24) is 10.2 Å². The van der Waals surface area contributed by atoms with E-state index < -0.39 is 47.3 Å². The molecule has 4 amide bonds. The van der Waals surface area contributed by atoms with E-state index in [1.165, 1.54) is 6.92 Å². The molecular formula is C18H15F2N3O3. The topological polar surface area (TPSA) is 78.5 Å². The predicted octanol–water partition coefficient (Wildman–Crippen LogP) is 2.37. The summed E-state index contributed by atoms with van der Waals surface area (Å²) in [5.41, 5.74) is -1.39. The fourth-order valence-corrected chi connectivity index (χ4v) is 2.75. The van der Waals surface area contributed by atoms with Crippen LogP contribution in [0.1, 0.15) is 12.5 Å². The van der Waals surface area contributed by atoms with Gasteiger partial charge in [-0.2, -0.15) is 0 Å². The first-order chi connectivity index (χ1) is 12.3. The number of hydrogen-bond donors (Lipinski definition) is 2. The Kier molecular flexibility index (Phi) is 4.41. The van der Waals surface area contributed by atoms with Crippen molar-refractivity contribution < 1.29 is 23.2 Å². The second-order valence-corrected chi connectivity index (χ2v) is 5.96. The van der Waals surface area contributed by atoms with Crippen LogP contribution in [-0.2, 0) is 15.1 Å². The van der Waals surface area contributed by atoms with Crippen molar-refractivity contribution in [2.24, 2.45) is 0 Å². The maximum atomic E-state index is 13.6. The smallest absolute Gasteiger partial charge is 0.320 e. The summed E-state index contributed by atoms with van der Waals surface area (Å²) in [6, 6.07) is 10.9. The van der Waals surface area contributed by atoms with E-state index in [9.17, 15) is 23.2 Å². The number of urea groups is 1. The van der Waals surface area contributed by atoms with Crippen molar-refractivity contribution in [1.29, 1.82) is 0 Å². The van der Waals surface area contributed by atoms with Gasteiger partial charge in [-0.3, -0.25) is 14.5 Å². The third-order valence-electron chi connectivity index (χ3n) is 4.16. The van der Waals surface area contributed by atoms with Crippen molar-refractivity contribution in [3.63, 3.8) is 0 Å². The molecule has 26 heavy (non-hydrogen) atoms. The van der Waals surface area contributed by atoms with Gasteiger partial charge in [0, 0.05) is 0 Å². The molecule has 1 fully saturated rings. The Morgan fingerprint density at radius 2 is 1.69 bits per heavy atom. The van der Waals surface area contributed by atoms with Crippen LogP contribution < -0.4 is 10.6 Å². The zero-order chi connectivity index (χ0) is 18.9. The Hall–Kier alpha value is -3.29. The number of benzene rings is 2. The standard InChI is InChI=1S/C18H15F2N3O3/c1-18(11-6-3-2-4-7-11)16(25)23(17(26)22-18)10-14(24)21-15-12(19)8-5-9-13(15)20/h2-9H,10H2,1H3,(H,21,24)(H,22,26). The second-order valence-electron chi connectivity index (χ2n) is 5.96. The molecule has 2 aromatic carbocycles. The molecule has 0 bridgehead atoms. The lowest BCUT2D eigenvalue weighted by atomic mass is 9.92. The minimum absolute atomic E-state index is 0.557. The van der Waals surface area contributed by atoms with E-state index in [4.69, 9.17) is 0 Å².